The van der Waals surface area contributed by atoms with Gasteiger partial charge < -0.3 is 0 Å². The van der Waals surface area contributed by atoms with Crippen molar-refractivity contribution in [3.63, 3.8) is 0 Å². The van der Waals surface area contributed by atoms with E-state index in [9.17, 15) is 16.8 Å². The van der Waals surface area contributed by atoms with Gasteiger partial charge in [0.25, 0.3) is 0 Å². The summed E-state index contributed by atoms with van der Waals surface area (Å²) in [5.74, 6) is 0. The molecule has 20 heavy (non-hydrogen) atoms. The van der Waals surface area contributed by atoms with Crippen LogP contribution in [0.5, 0.6) is 0 Å². The molecule has 1 aliphatic rings. The first kappa shape index (κ1) is 15.2. The average molecular weight is 316 g/mol. The minimum absolute atomic E-state index is 0.139. The monoisotopic (exact) mass is 316 g/mol. The molecule has 2 rings (SSSR count). The minimum Gasteiger partial charge on any atom is -0.208 e. The van der Waals surface area contributed by atoms with Gasteiger partial charge in [0.15, 0.2) is 0 Å². The molecular weight excluding hydrogens is 300 g/mol. The molecule has 1 fully saturated rings. The highest BCUT2D eigenvalue weighted by atomic mass is 32.2. The summed E-state index contributed by atoms with van der Waals surface area (Å²) in [6.07, 6.45) is 0. The van der Waals surface area contributed by atoms with E-state index in [1.54, 1.807) is 18.2 Å². The third-order valence-corrected chi connectivity index (χ3v) is 6.57. The minimum atomic E-state index is -3.55. The van der Waals surface area contributed by atoms with Gasteiger partial charge in [-0.3, -0.25) is 0 Å². The average Bonchev–Trinajstić information content (AvgIpc) is 2.48. The van der Waals surface area contributed by atoms with Crippen molar-refractivity contribution < 1.29 is 16.8 Å². The molecule has 0 unspecified atom stereocenters. The first-order valence-corrected chi connectivity index (χ1v) is 9.00. The lowest BCUT2D eigenvalue weighted by Gasteiger charge is -2.32. The van der Waals surface area contributed by atoms with E-state index in [-0.39, 0.29) is 31.1 Å². The molecule has 1 heterocycles. The summed E-state index contributed by atoms with van der Waals surface area (Å²) in [5.41, 5.74) is 0. The number of nitrogens with zero attached hydrogens (tertiary/aromatic N) is 2. The van der Waals surface area contributed by atoms with Crippen LogP contribution in [0.3, 0.4) is 0 Å². The van der Waals surface area contributed by atoms with Crippen LogP contribution in [0, 0.1) is 0 Å². The maximum Gasteiger partial charge on any atom is 0.243 e. The van der Waals surface area contributed by atoms with Gasteiger partial charge in [-0.2, -0.15) is 8.61 Å². The van der Waals surface area contributed by atoms with Crippen LogP contribution in [0.25, 0.3) is 0 Å². The summed E-state index contributed by atoms with van der Waals surface area (Å²) in [6.45, 7) is 3.83. The smallest absolute Gasteiger partial charge is 0.208 e. The zero-order chi connectivity index (χ0) is 14.8. The zero-order valence-corrected chi connectivity index (χ0v) is 12.5. The van der Waals surface area contributed by atoms with Gasteiger partial charge in [0.05, 0.1) is 4.90 Å². The van der Waals surface area contributed by atoms with Gasteiger partial charge >= 0.3 is 0 Å². The Balaban J connectivity index is 2.14. The van der Waals surface area contributed by atoms with E-state index in [2.05, 4.69) is 6.58 Å². The molecule has 1 aromatic rings. The number of rotatable bonds is 4. The standard InChI is InChI=1S/C12H16N2O4S2/c1-2-19(15,16)13-8-10-14(11-9-13)20(17,18)12-6-4-3-5-7-12/h2-7H,1,8-11H2. The lowest BCUT2D eigenvalue weighted by Crippen LogP contribution is -2.49. The van der Waals surface area contributed by atoms with Crippen molar-refractivity contribution in [2.75, 3.05) is 26.2 Å². The van der Waals surface area contributed by atoms with Gasteiger partial charge in [0.1, 0.15) is 0 Å². The lowest BCUT2D eigenvalue weighted by molar-refractivity contribution is 0.275. The third-order valence-electron chi connectivity index (χ3n) is 3.15. The van der Waals surface area contributed by atoms with Crippen LogP contribution in [0.1, 0.15) is 0 Å². The number of sulfonamides is 2. The van der Waals surface area contributed by atoms with Crippen LogP contribution in [0.2, 0.25) is 0 Å². The second kappa shape index (κ2) is 5.65. The molecule has 6 nitrogen and oxygen atoms in total. The predicted molar refractivity (Wildman–Crippen MR) is 75.9 cm³/mol. The summed E-state index contributed by atoms with van der Waals surface area (Å²) >= 11 is 0. The second-order valence-electron chi connectivity index (χ2n) is 4.33. The van der Waals surface area contributed by atoms with E-state index in [4.69, 9.17) is 0 Å². The Kier molecular flexibility index (Phi) is 4.28. The molecule has 0 bridgehead atoms. The van der Waals surface area contributed by atoms with Crippen molar-refractivity contribution in [1.82, 2.24) is 8.61 Å². The Morgan fingerprint density at radius 3 is 1.90 bits per heavy atom. The number of benzene rings is 1. The summed E-state index contributed by atoms with van der Waals surface area (Å²) in [7, 11) is -7.03. The number of hydrogen-bond donors (Lipinski definition) is 0. The van der Waals surface area contributed by atoms with Gasteiger partial charge in [-0.05, 0) is 12.1 Å². The number of hydrogen-bond acceptors (Lipinski definition) is 4. The number of piperazine rings is 1. The third kappa shape index (κ3) is 2.93. The van der Waals surface area contributed by atoms with Crippen molar-refractivity contribution in [2.45, 2.75) is 4.90 Å². The fraction of sp³-hybridized carbons (Fsp3) is 0.333. The summed E-state index contributed by atoms with van der Waals surface area (Å²) in [4.78, 5) is 0.222. The topological polar surface area (TPSA) is 74.8 Å². The van der Waals surface area contributed by atoms with Gasteiger partial charge in [-0.25, -0.2) is 16.8 Å². The Morgan fingerprint density at radius 2 is 1.40 bits per heavy atom. The van der Waals surface area contributed by atoms with E-state index in [1.165, 1.54) is 20.7 Å². The fourth-order valence-corrected chi connectivity index (χ4v) is 4.34. The molecule has 0 radical (unpaired) electrons. The Labute approximate surface area is 119 Å². The summed E-state index contributed by atoms with van der Waals surface area (Å²) in [5, 5.41) is 0.883. The maximum absolute atomic E-state index is 12.4. The highest BCUT2D eigenvalue weighted by Gasteiger charge is 2.31. The first-order chi connectivity index (χ1) is 9.38. The molecule has 1 saturated heterocycles. The van der Waals surface area contributed by atoms with E-state index in [1.807, 2.05) is 0 Å². The SMILES string of the molecule is C=CS(=O)(=O)N1CCN(S(=O)(=O)c2ccccc2)CC1. The second-order valence-corrected chi connectivity index (χ2v) is 8.15. The highest BCUT2D eigenvalue weighted by molar-refractivity contribution is 7.92. The predicted octanol–water partition coefficient (Wildman–Crippen LogP) is 0.466. The van der Waals surface area contributed by atoms with Crippen molar-refractivity contribution in [3.8, 4) is 0 Å². The van der Waals surface area contributed by atoms with E-state index >= 15 is 0 Å². The fourth-order valence-electron chi connectivity index (χ4n) is 2.01. The van der Waals surface area contributed by atoms with Gasteiger partial charge in [-0.1, -0.05) is 24.8 Å². The molecule has 0 atom stereocenters. The molecule has 0 spiro atoms. The van der Waals surface area contributed by atoms with Crippen LogP contribution >= 0.6 is 0 Å². The molecule has 110 valence electrons. The Hall–Kier alpha value is -1.22. The first-order valence-electron chi connectivity index (χ1n) is 6.06. The summed E-state index contributed by atoms with van der Waals surface area (Å²) < 4.78 is 50.5. The molecule has 0 saturated carbocycles. The van der Waals surface area contributed by atoms with E-state index in [0.717, 1.165) is 5.41 Å². The highest BCUT2D eigenvalue weighted by Crippen LogP contribution is 2.18. The summed E-state index contributed by atoms with van der Waals surface area (Å²) in [6, 6.07) is 8.12. The van der Waals surface area contributed by atoms with Crippen LogP contribution < -0.4 is 0 Å². The van der Waals surface area contributed by atoms with Gasteiger partial charge in [0, 0.05) is 31.6 Å². The van der Waals surface area contributed by atoms with E-state index in [0.29, 0.717) is 0 Å². The maximum atomic E-state index is 12.4. The molecule has 0 aliphatic carbocycles. The van der Waals surface area contributed by atoms with Crippen molar-refractivity contribution in [2.24, 2.45) is 0 Å². The van der Waals surface area contributed by atoms with Crippen LogP contribution in [-0.2, 0) is 20.0 Å². The molecule has 1 aliphatic heterocycles. The Bertz CT molecular complexity index is 675. The molecular formula is C12H16N2O4S2. The largest absolute Gasteiger partial charge is 0.243 e. The Morgan fingerprint density at radius 1 is 0.900 bits per heavy atom. The molecule has 1 aromatic carbocycles. The molecule has 0 amide bonds. The normalized spacial score (nSPS) is 18.8. The van der Waals surface area contributed by atoms with Gasteiger partial charge in [0.2, 0.25) is 20.0 Å². The van der Waals surface area contributed by atoms with Crippen molar-refractivity contribution >= 4 is 20.0 Å². The van der Waals surface area contributed by atoms with Crippen LogP contribution in [-0.4, -0.2) is 51.6 Å². The molecule has 8 heteroatoms. The molecule has 0 N–H and O–H groups in total. The van der Waals surface area contributed by atoms with Crippen LogP contribution in [0.15, 0.2) is 47.2 Å². The lowest BCUT2D eigenvalue weighted by atomic mass is 10.4. The van der Waals surface area contributed by atoms with Crippen molar-refractivity contribution in [3.05, 3.63) is 42.3 Å². The van der Waals surface area contributed by atoms with Crippen LogP contribution in [0.4, 0.5) is 0 Å². The quantitative estimate of drug-likeness (QED) is 0.809. The van der Waals surface area contributed by atoms with Crippen molar-refractivity contribution in [1.29, 1.82) is 0 Å². The zero-order valence-electron chi connectivity index (χ0n) is 10.8. The molecule has 0 aromatic heterocycles. The van der Waals surface area contributed by atoms with E-state index < -0.39 is 20.0 Å². The van der Waals surface area contributed by atoms with Gasteiger partial charge in [-0.15, -0.1) is 0 Å².